The Morgan fingerprint density at radius 1 is 1.12 bits per heavy atom. The maximum Gasteiger partial charge on any atom is 0.144 e. The van der Waals surface area contributed by atoms with Crippen molar-refractivity contribution in [2.45, 2.75) is 6.92 Å². The fourth-order valence-corrected chi connectivity index (χ4v) is 1.86. The number of methoxy groups -OCH3 is 2. The summed E-state index contributed by atoms with van der Waals surface area (Å²) < 4.78 is 10.4. The van der Waals surface area contributed by atoms with Gasteiger partial charge in [0.15, 0.2) is 0 Å². The van der Waals surface area contributed by atoms with E-state index >= 15 is 0 Å². The van der Waals surface area contributed by atoms with Gasteiger partial charge in [-0.25, -0.2) is 9.97 Å². The molecule has 0 radical (unpaired) electrons. The average molecular weight is 239 g/mol. The molecule has 1 heterocycles. The van der Waals surface area contributed by atoms with Crippen LogP contribution >= 0.6 is 11.6 Å². The molecule has 0 bridgehead atoms. The van der Waals surface area contributed by atoms with E-state index in [2.05, 4.69) is 9.97 Å². The van der Waals surface area contributed by atoms with E-state index in [1.54, 1.807) is 33.3 Å². The standard InChI is InChI=1S/C11H11ClN2O2/c1-6-13-8-4-7(15-2)5-9(16-3)10(8)11(12)14-6/h4-5H,1-3H3. The third kappa shape index (κ3) is 1.76. The minimum Gasteiger partial charge on any atom is -0.497 e. The van der Waals surface area contributed by atoms with Crippen LogP contribution in [0.3, 0.4) is 0 Å². The lowest BCUT2D eigenvalue weighted by Gasteiger charge is -2.09. The highest BCUT2D eigenvalue weighted by Gasteiger charge is 2.11. The van der Waals surface area contributed by atoms with E-state index in [1.165, 1.54) is 0 Å². The summed E-state index contributed by atoms with van der Waals surface area (Å²) in [5, 5.41) is 1.09. The van der Waals surface area contributed by atoms with Crippen LogP contribution in [0, 0.1) is 6.92 Å². The zero-order valence-corrected chi connectivity index (χ0v) is 10.00. The number of rotatable bonds is 2. The van der Waals surface area contributed by atoms with Crippen molar-refractivity contribution in [2.24, 2.45) is 0 Å². The molecule has 0 fully saturated rings. The largest absolute Gasteiger partial charge is 0.497 e. The summed E-state index contributed by atoms with van der Waals surface area (Å²) in [5.74, 6) is 1.91. The van der Waals surface area contributed by atoms with Crippen LogP contribution < -0.4 is 9.47 Å². The van der Waals surface area contributed by atoms with Crippen molar-refractivity contribution < 1.29 is 9.47 Å². The Labute approximate surface area is 98.2 Å². The zero-order valence-electron chi connectivity index (χ0n) is 9.24. The molecule has 0 saturated carbocycles. The SMILES string of the molecule is COc1cc(OC)c2c(Cl)nc(C)nc2c1. The minimum atomic E-state index is 0.391. The van der Waals surface area contributed by atoms with Crippen molar-refractivity contribution in [2.75, 3.05) is 14.2 Å². The molecule has 0 spiro atoms. The maximum atomic E-state index is 6.07. The number of halogens is 1. The highest BCUT2D eigenvalue weighted by Crippen LogP contribution is 2.33. The van der Waals surface area contributed by atoms with Crippen LogP contribution in [-0.2, 0) is 0 Å². The number of nitrogens with zero attached hydrogens (tertiary/aromatic N) is 2. The molecule has 1 aromatic heterocycles. The number of ether oxygens (including phenoxy) is 2. The molecule has 0 aliphatic carbocycles. The first-order chi connectivity index (χ1) is 7.65. The number of hydrogen-bond acceptors (Lipinski definition) is 4. The molecule has 0 amide bonds. The second kappa shape index (κ2) is 4.14. The molecule has 2 rings (SSSR count). The van der Waals surface area contributed by atoms with Crippen molar-refractivity contribution >= 4 is 22.5 Å². The lowest BCUT2D eigenvalue weighted by Crippen LogP contribution is -1.95. The lowest BCUT2D eigenvalue weighted by molar-refractivity contribution is 0.397. The molecule has 5 heteroatoms. The topological polar surface area (TPSA) is 44.2 Å². The highest BCUT2D eigenvalue weighted by atomic mass is 35.5. The maximum absolute atomic E-state index is 6.07. The Morgan fingerprint density at radius 2 is 1.88 bits per heavy atom. The molecule has 0 aliphatic heterocycles. The first kappa shape index (κ1) is 11.0. The van der Waals surface area contributed by atoms with Gasteiger partial charge >= 0.3 is 0 Å². The van der Waals surface area contributed by atoms with Crippen LogP contribution in [0.25, 0.3) is 10.9 Å². The summed E-state index contributed by atoms with van der Waals surface area (Å²) in [4.78, 5) is 8.40. The van der Waals surface area contributed by atoms with Crippen molar-refractivity contribution in [3.63, 3.8) is 0 Å². The molecular weight excluding hydrogens is 228 g/mol. The predicted octanol–water partition coefficient (Wildman–Crippen LogP) is 2.61. The van der Waals surface area contributed by atoms with Crippen LogP contribution in [-0.4, -0.2) is 24.2 Å². The van der Waals surface area contributed by atoms with E-state index in [9.17, 15) is 0 Å². The van der Waals surface area contributed by atoms with E-state index in [1.807, 2.05) is 0 Å². The Hall–Kier alpha value is -1.55. The van der Waals surface area contributed by atoms with Crippen LogP contribution in [0.2, 0.25) is 5.15 Å². The molecule has 0 aliphatic rings. The fourth-order valence-electron chi connectivity index (χ4n) is 1.55. The van der Waals surface area contributed by atoms with Gasteiger partial charge in [0.25, 0.3) is 0 Å². The molecule has 0 saturated heterocycles. The van der Waals surface area contributed by atoms with Gasteiger partial charge in [-0.3, -0.25) is 0 Å². The van der Waals surface area contributed by atoms with Crippen molar-refractivity contribution in [1.29, 1.82) is 0 Å². The van der Waals surface area contributed by atoms with Gasteiger partial charge in [-0.15, -0.1) is 0 Å². The minimum absolute atomic E-state index is 0.391. The summed E-state index contributed by atoms with van der Waals surface area (Å²) in [6.45, 7) is 1.79. The zero-order chi connectivity index (χ0) is 11.7. The number of aryl methyl sites for hydroxylation is 1. The molecule has 1 aromatic carbocycles. The van der Waals surface area contributed by atoms with E-state index < -0.39 is 0 Å². The van der Waals surface area contributed by atoms with Crippen LogP contribution in [0.5, 0.6) is 11.5 Å². The number of benzene rings is 1. The van der Waals surface area contributed by atoms with Crippen LogP contribution in [0.4, 0.5) is 0 Å². The predicted molar refractivity (Wildman–Crippen MR) is 62.4 cm³/mol. The van der Waals surface area contributed by atoms with Gasteiger partial charge in [0.1, 0.15) is 22.5 Å². The molecule has 0 atom stereocenters. The first-order valence-electron chi connectivity index (χ1n) is 4.71. The summed E-state index contributed by atoms with van der Waals surface area (Å²) in [6, 6.07) is 3.56. The summed E-state index contributed by atoms with van der Waals surface area (Å²) >= 11 is 6.07. The fraction of sp³-hybridized carbons (Fsp3) is 0.273. The van der Waals surface area contributed by atoms with E-state index in [4.69, 9.17) is 21.1 Å². The molecule has 2 aromatic rings. The second-order valence-corrected chi connectivity index (χ2v) is 3.64. The molecule has 0 N–H and O–H groups in total. The number of fused-ring (bicyclic) bond motifs is 1. The monoisotopic (exact) mass is 238 g/mol. The Kier molecular flexibility index (Phi) is 2.83. The van der Waals surface area contributed by atoms with Gasteiger partial charge in [0, 0.05) is 12.1 Å². The van der Waals surface area contributed by atoms with Crippen molar-refractivity contribution in [1.82, 2.24) is 9.97 Å². The summed E-state index contributed by atoms with van der Waals surface area (Å²) in [7, 11) is 3.17. The number of aromatic nitrogens is 2. The third-order valence-corrected chi connectivity index (χ3v) is 2.53. The lowest BCUT2D eigenvalue weighted by atomic mass is 10.2. The van der Waals surface area contributed by atoms with Gasteiger partial charge in [-0.05, 0) is 6.92 Å². The van der Waals surface area contributed by atoms with E-state index in [-0.39, 0.29) is 0 Å². The summed E-state index contributed by atoms with van der Waals surface area (Å²) in [5.41, 5.74) is 0.716. The quantitative estimate of drug-likeness (QED) is 0.755. The van der Waals surface area contributed by atoms with Gasteiger partial charge in [0.2, 0.25) is 0 Å². The van der Waals surface area contributed by atoms with Gasteiger partial charge in [-0.1, -0.05) is 11.6 Å². The van der Waals surface area contributed by atoms with Gasteiger partial charge < -0.3 is 9.47 Å². The number of hydrogen-bond donors (Lipinski definition) is 0. The van der Waals surface area contributed by atoms with Crippen LogP contribution in [0.1, 0.15) is 5.82 Å². The average Bonchev–Trinajstić information content (AvgIpc) is 2.26. The Morgan fingerprint density at radius 3 is 2.50 bits per heavy atom. The van der Waals surface area contributed by atoms with Crippen LogP contribution in [0.15, 0.2) is 12.1 Å². The molecule has 84 valence electrons. The second-order valence-electron chi connectivity index (χ2n) is 3.29. The van der Waals surface area contributed by atoms with Gasteiger partial charge in [-0.2, -0.15) is 0 Å². The van der Waals surface area contributed by atoms with Gasteiger partial charge in [0.05, 0.1) is 25.1 Å². The van der Waals surface area contributed by atoms with E-state index in [0.29, 0.717) is 33.4 Å². The normalized spacial score (nSPS) is 10.5. The van der Waals surface area contributed by atoms with E-state index in [0.717, 1.165) is 0 Å². The summed E-state index contributed by atoms with van der Waals surface area (Å²) in [6.07, 6.45) is 0. The molecule has 16 heavy (non-hydrogen) atoms. The smallest absolute Gasteiger partial charge is 0.144 e. The molecule has 4 nitrogen and oxygen atoms in total. The van der Waals surface area contributed by atoms with Crippen molar-refractivity contribution in [3.8, 4) is 11.5 Å². The molecular formula is C11H11ClN2O2. The highest BCUT2D eigenvalue weighted by molar-refractivity contribution is 6.34. The van der Waals surface area contributed by atoms with Crippen molar-refractivity contribution in [3.05, 3.63) is 23.1 Å². The first-order valence-corrected chi connectivity index (χ1v) is 5.09. The Balaban J connectivity index is 2.83. The third-order valence-electron chi connectivity index (χ3n) is 2.26. The molecule has 0 unspecified atom stereocenters. The Bertz CT molecular complexity index is 543.